The third kappa shape index (κ3) is 4.50. The van der Waals surface area contributed by atoms with Gasteiger partial charge in [-0.25, -0.2) is 9.78 Å². The molecule has 3 unspecified atom stereocenters. The topological polar surface area (TPSA) is 109 Å². The molecule has 1 saturated heterocycles. The number of hydrogen-bond acceptors (Lipinski definition) is 8. The second-order valence-corrected chi connectivity index (χ2v) is 9.25. The van der Waals surface area contributed by atoms with Gasteiger partial charge in [0.15, 0.2) is 6.10 Å². The van der Waals surface area contributed by atoms with Crippen LogP contribution in [0.4, 0.5) is 0 Å². The summed E-state index contributed by atoms with van der Waals surface area (Å²) in [5.74, 6) is -0.668. The highest BCUT2D eigenvalue weighted by atomic mass is 31.2. The lowest BCUT2D eigenvalue weighted by molar-refractivity contribution is -0.156. The van der Waals surface area contributed by atoms with Gasteiger partial charge in [-0.2, -0.15) is 0 Å². The van der Waals surface area contributed by atoms with E-state index in [2.05, 4.69) is 0 Å². The molecular formula is C25H27N2O7P. The molecule has 1 N–H and O–H groups in total. The van der Waals surface area contributed by atoms with Crippen molar-refractivity contribution in [2.45, 2.75) is 52.0 Å². The molecule has 6 rings (SSSR count). The molecule has 1 fully saturated rings. The Morgan fingerprint density at radius 3 is 2.86 bits per heavy atom. The Morgan fingerprint density at radius 1 is 1.23 bits per heavy atom. The molecule has 3 aliphatic rings. The number of esters is 1. The van der Waals surface area contributed by atoms with Crippen molar-refractivity contribution in [3.05, 3.63) is 63.4 Å². The van der Waals surface area contributed by atoms with Gasteiger partial charge < -0.3 is 23.5 Å². The maximum absolute atomic E-state index is 13.3. The number of cyclic esters (lactones) is 1. The molecule has 35 heavy (non-hydrogen) atoms. The van der Waals surface area contributed by atoms with E-state index in [1.807, 2.05) is 44.2 Å². The van der Waals surface area contributed by atoms with Gasteiger partial charge in [-0.3, -0.25) is 9.32 Å². The lowest BCUT2D eigenvalue weighted by Gasteiger charge is -2.26. The van der Waals surface area contributed by atoms with Crippen LogP contribution in [0.2, 0.25) is 0 Å². The summed E-state index contributed by atoms with van der Waals surface area (Å²) < 4.78 is 23.3. The van der Waals surface area contributed by atoms with Crippen LogP contribution in [0.25, 0.3) is 22.3 Å². The van der Waals surface area contributed by atoms with Crippen LogP contribution in [0.1, 0.15) is 49.5 Å². The molecule has 3 atom stereocenters. The van der Waals surface area contributed by atoms with Crippen LogP contribution >= 0.6 is 8.60 Å². The van der Waals surface area contributed by atoms with E-state index in [9.17, 15) is 14.5 Å². The minimum absolute atomic E-state index is 0.0957. The van der Waals surface area contributed by atoms with E-state index in [1.54, 1.807) is 10.6 Å². The second-order valence-electron chi connectivity index (χ2n) is 8.31. The van der Waals surface area contributed by atoms with E-state index in [0.29, 0.717) is 35.7 Å². The van der Waals surface area contributed by atoms with Gasteiger partial charge in [0.25, 0.3) is 5.56 Å². The molecule has 184 valence electrons. The fourth-order valence-corrected chi connectivity index (χ4v) is 5.34. The Kier molecular flexibility index (Phi) is 6.95. The summed E-state index contributed by atoms with van der Waals surface area (Å²) in [6, 6.07) is 11.5. The number of pyridine rings is 2. The number of rotatable bonds is 5. The van der Waals surface area contributed by atoms with E-state index in [-0.39, 0.29) is 24.9 Å². The Bertz CT molecular complexity index is 1320. The van der Waals surface area contributed by atoms with Crippen molar-refractivity contribution in [3.8, 4) is 11.4 Å². The zero-order valence-electron chi connectivity index (χ0n) is 19.6. The van der Waals surface area contributed by atoms with Gasteiger partial charge in [0.2, 0.25) is 0 Å². The molecule has 0 bridgehead atoms. The van der Waals surface area contributed by atoms with Crippen LogP contribution in [0.5, 0.6) is 0 Å². The third-order valence-corrected chi connectivity index (χ3v) is 7.02. The molecule has 5 heterocycles. The zero-order chi connectivity index (χ0) is 24.5. The van der Waals surface area contributed by atoms with E-state index < -0.39 is 20.7 Å². The van der Waals surface area contributed by atoms with Crippen molar-refractivity contribution >= 4 is 25.5 Å². The van der Waals surface area contributed by atoms with Crippen molar-refractivity contribution in [2.24, 2.45) is 0 Å². The van der Waals surface area contributed by atoms with E-state index in [4.69, 9.17) is 23.5 Å². The van der Waals surface area contributed by atoms with Crippen LogP contribution in [0.3, 0.4) is 0 Å². The summed E-state index contributed by atoms with van der Waals surface area (Å²) in [6.07, 6.45) is 0.445. The van der Waals surface area contributed by atoms with Gasteiger partial charge in [0.05, 0.1) is 41.7 Å². The first-order chi connectivity index (χ1) is 17.1. The molecule has 0 aliphatic carbocycles. The summed E-state index contributed by atoms with van der Waals surface area (Å²) in [6.45, 7) is 5.10. The minimum atomic E-state index is -2.37. The number of nitrogens with zero attached hydrogens (tertiary/aromatic N) is 2. The Morgan fingerprint density at radius 2 is 2.06 bits per heavy atom. The number of carbonyl (C=O) groups is 1. The Balaban J connectivity index is 0.00000124. The summed E-state index contributed by atoms with van der Waals surface area (Å²) in [5, 5.41) is 0.996. The molecule has 3 aromatic rings. The summed E-state index contributed by atoms with van der Waals surface area (Å²) in [7, 11) is -2.37. The number of fused-ring (bicyclic) bond motifs is 5. The molecule has 3 aliphatic heterocycles. The average Bonchev–Trinajstić information content (AvgIpc) is 3.53. The molecule has 2 aromatic heterocycles. The fourth-order valence-electron chi connectivity index (χ4n) is 4.60. The van der Waals surface area contributed by atoms with Crippen molar-refractivity contribution in [2.75, 3.05) is 13.2 Å². The molecule has 1 aromatic carbocycles. The predicted octanol–water partition coefficient (Wildman–Crippen LogP) is 3.98. The normalized spacial score (nSPS) is 20.9. The average molecular weight is 498 g/mol. The van der Waals surface area contributed by atoms with Gasteiger partial charge in [0, 0.05) is 23.1 Å². The second kappa shape index (κ2) is 10.1. The standard InChI is InChI=1S/C23H21N2O7P.C2H6/c26-22-17-12-30-23(27)21(32-33(28)31-11-15-5-3-7-29-15)16(17)9-19-20-14(10-25(19)22)8-13-4-1-2-6-18(13)24-20;1-2/h1-2,4,6,8-9,15,21,28H,3,5,7,10-12H2;1-2H3. The maximum atomic E-state index is 13.3. The van der Waals surface area contributed by atoms with Crippen LogP contribution in [-0.4, -0.2) is 39.7 Å². The minimum Gasteiger partial charge on any atom is -0.458 e. The molecule has 0 radical (unpaired) electrons. The van der Waals surface area contributed by atoms with Gasteiger partial charge >= 0.3 is 14.6 Å². The first kappa shape index (κ1) is 24.0. The van der Waals surface area contributed by atoms with E-state index in [0.717, 1.165) is 29.3 Å². The van der Waals surface area contributed by atoms with Crippen LogP contribution < -0.4 is 5.56 Å². The quantitative estimate of drug-likeness (QED) is 0.325. The molecule has 9 nitrogen and oxygen atoms in total. The highest BCUT2D eigenvalue weighted by Crippen LogP contribution is 2.44. The van der Waals surface area contributed by atoms with Crippen molar-refractivity contribution < 1.29 is 28.2 Å². The number of ether oxygens (including phenoxy) is 2. The van der Waals surface area contributed by atoms with Crippen LogP contribution in [0.15, 0.2) is 41.2 Å². The molecular weight excluding hydrogens is 471 g/mol. The largest absolute Gasteiger partial charge is 0.458 e. The molecule has 0 amide bonds. The SMILES string of the molecule is CC.O=C1OCc2c(cc3n(c2=O)Cc2cc4ccccc4nc2-3)C1OP(O)OCC1CCCO1. The monoisotopic (exact) mass is 498 g/mol. The smallest absolute Gasteiger partial charge is 0.340 e. The number of para-hydroxylation sites is 1. The fraction of sp³-hybridized carbons (Fsp3) is 0.400. The maximum Gasteiger partial charge on any atom is 0.340 e. The third-order valence-electron chi connectivity index (χ3n) is 6.25. The Hall–Kier alpha value is -2.68. The first-order valence-electron chi connectivity index (χ1n) is 11.8. The van der Waals surface area contributed by atoms with Gasteiger partial charge in [-0.1, -0.05) is 32.0 Å². The van der Waals surface area contributed by atoms with E-state index in [1.165, 1.54) is 0 Å². The lowest BCUT2D eigenvalue weighted by Crippen LogP contribution is -2.33. The van der Waals surface area contributed by atoms with Crippen LogP contribution in [0, 0.1) is 0 Å². The first-order valence-corrected chi connectivity index (χ1v) is 12.9. The summed E-state index contributed by atoms with van der Waals surface area (Å²) >= 11 is 0. The number of aromatic nitrogens is 2. The van der Waals surface area contributed by atoms with Gasteiger partial charge in [-0.15, -0.1) is 0 Å². The number of benzene rings is 1. The van der Waals surface area contributed by atoms with Crippen molar-refractivity contribution in [1.29, 1.82) is 0 Å². The lowest BCUT2D eigenvalue weighted by atomic mass is 10.0. The molecule has 10 heteroatoms. The number of carbonyl (C=O) groups excluding carboxylic acids is 1. The molecule has 0 saturated carbocycles. The predicted molar refractivity (Wildman–Crippen MR) is 130 cm³/mol. The van der Waals surface area contributed by atoms with Crippen molar-refractivity contribution in [1.82, 2.24) is 9.55 Å². The highest BCUT2D eigenvalue weighted by Gasteiger charge is 2.37. The summed E-state index contributed by atoms with van der Waals surface area (Å²) in [5.41, 5.74) is 3.53. The van der Waals surface area contributed by atoms with E-state index >= 15 is 0 Å². The van der Waals surface area contributed by atoms with Gasteiger partial charge in [0.1, 0.15) is 6.61 Å². The Labute approximate surface area is 203 Å². The highest BCUT2D eigenvalue weighted by molar-refractivity contribution is 7.40. The van der Waals surface area contributed by atoms with Gasteiger partial charge in [-0.05, 0) is 31.0 Å². The zero-order valence-corrected chi connectivity index (χ0v) is 20.5. The van der Waals surface area contributed by atoms with Crippen LogP contribution in [-0.2, 0) is 36.5 Å². The summed E-state index contributed by atoms with van der Waals surface area (Å²) in [4.78, 5) is 40.9. The molecule has 0 spiro atoms. The number of hydrogen-bond donors (Lipinski definition) is 1. The van der Waals surface area contributed by atoms with Crippen molar-refractivity contribution in [3.63, 3.8) is 0 Å².